The van der Waals surface area contributed by atoms with Gasteiger partial charge in [0.1, 0.15) is 11.2 Å². The predicted octanol–water partition coefficient (Wildman–Crippen LogP) is 4.11. The number of benzene rings is 1. The van der Waals surface area contributed by atoms with E-state index in [1.165, 1.54) is 0 Å². The van der Waals surface area contributed by atoms with Crippen molar-refractivity contribution in [1.29, 1.82) is 5.26 Å². The first-order valence-electron chi connectivity index (χ1n) is 6.16. The number of halogens is 2. The van der Waals surface area contributed by atoms with Gasteiger partial charge in [-0.15, -0.1) is 0 Å². The third-order valence-electron chi connectivity index (χ3n) is 3.32. The molecule has 0 amide bonds. The molecule has 1 aliphatic heterocycles. The van der Waals surface area contributed by atoms with Gasteiger partial charge < -0.3 is 4.74 Å². The minimum Gasteiger partial charge on any atom is -0.376 e. The molecule has 3 nitrogen and oxygen atoms in total. The predicted molar refractivity (Wildman–Crippen MR) is 80.5 cm³/mol. The molecule has 2 aromatic rings. The number of pyridine rings is 1. The molecule has 2 heterocycles. The lowest BCUT2D eigenvalue weighted by atomic mass is 9.93. The largest absolute Gasteiger partial charge is 0.376 e. The summed E-state index contributed by atoms with van der Waals surface area (Å²) in [5.41, 5.74) is 4.06. The van der Waals surface area contributed by atoms with Crippen LogP contribution in [-0.2, 0) is 17.8 Å². The molecule has 0 N–H and O–H groups in total. The van der Waals surface area contributed by atoms with E-state index < -0.39 is 0 Å². The van der Waals surface area contributed by atoms with Gasteiger partial charge in [-0.05, 0) is 11.6 Å². The van der Waals surface area contributed by atoms with Crippen molar-refractivity contribution in [1.82, 2.24) is 4.98 Å². The first-order chi connectivity index (χ1) is 9.72. The van der Waals surface area contributed by atoms with Crippen molar-refractivity contribution in [2.24, 2.45) is 0 Å². The molecule has 0 bridgehead atoms. The fourth-order valence-corrected chi connectivity index (χ4v) is 3.13. The SMILES string of the molecule is N#Cc1c(Cl)nc2c(c1-c1ccccc1Br)COCC2. The molecule has 100 valence electrons. The molecule has 0 unspecified atom stereocenters. The maximum atomic E-state index is 9.42. The van der Waals surface area contributed by atoms with Crippen LogP contribution < -0.4 is 0 Å². The molecule has 1 aromatic heterocycles. The Bertz CT molecular complexity index is 725. The maximum absolute atomic E-state index is 9.42. The van der Waals surface area contributed by atoms with Gasteiger partial charge in [0.2, 0.25) is 0 Å². The van der Waals surface area contributed by atoms with Gasteiger partial charge in [0.15, 0.2) is 0 Å². The number of nitriles is 1. The van der Waals surface area contributed by atoms with E-state index in [1.54, 1.807) is 0 Å². The summed E-state index contributed by atoms with van der Waals surface area (Å²) in [6.45, 7) is 1.10. The molecule has 0 aliphatic carbocycles. The van der Waals surface area contributed by atoms with Gasteiger partial charge in [-0.1, -0.05) is 45.7 Å². The average molecular weight is 350 g/mol. The molecule has 0 saturated carbocycles. The standard InChI is InChI=1S/C15H10BrClN2O/c16-12-4-2-1-3-9(12)14-10(7-18)15(17)19-13-5-6-20-8-11(13)14/h1-4H,5-6,8H2. The van der Waals surface area contributed by atoms with Crippen LogP contribution in [0.1, 0.15) is 16.8 Å². The van der Waals surface area contributed by atoms with E-state index in [9.17, 15) is 5.26 Å². The van der Waals surface area contributed by atoms with Crippen LogP contribution in [0.2, 0.25) is 5.15 Å². The van der Waals surface area contributed by atoms with E-state index in [2.05, 4.69) is 27.0 Å². The first-order valence-corrected chi connectivity index (χ1v) is 7.33. The van der Waals surface area contributed by atoms with Gasteiger partial charge in [0, 0.05) is 22.0 Å². The first kappa shape index (κ1) is 13.6. The van der Waals surface area contributed by atoms with Crippen molar-refractivity contribution in [2.45, 2.75) is 13.0 Å². The number of hydrogen-bond acceptors (Lipinski definition) is 3. The fraction of sp³-hybridized carbons (Fsp3) is 0.200. The zero-order valence-electron chi connectivity index (χ0n) is 10.5. The van der Waals surface area contributed by atoms with Crippen LogP contribution in [0.25, 0.3) is 11.1 Å². The van der Waals surface area contributed by atoms with E-state index >= 15 is 0 Å². The number of aromatic nitrogens is 1. The molecule has 5 heteroatoms. The van der Waals surface area contributed by atoms with Gasteiger partial charge in [0.05, 0.1) is 24.5 Å². The number of fused-ring (bicyclic) bond motifs is 1. The second kappa shape index (κ2) is 5.53. The monoisotopic (exact) mass is 348 g/mol. The van der Waals surface area contributed by atoms with Gasteiger partial charge >= 0.3 is 0 Å². The molecule has 0 saturated heterocycles. The fourth-order valence-electron chi connectivity index (χ4n) is 2.41. The molecule has 0 atom stereocenters. The van der Waals surface area contributed by atoms with Crippen molar-refractivity contribution in [3.8, 4) is 17.2 Å². The molecule has 3 rings (SSSR count). The zero-order valence-corrected chi connectivity index (χ0v) is 12.8. The Morgan fingerprint density at radius 2 is 2.15 bits per heavy atom. The summed E-state index contributed by atoms with van der Waals surface area (Å²) in [6, 6.07) is 9.95. The van der Waals surface area contributed by atoms with Crippen molar-refractivity contribution in [2.75, 3.05) is 6.61 Å². The maximum Gasteiger partial charge on any atom is 0.147 e. The zero-order chi connectivity index (χ0) is 14.1. The van der Waals surface area contributed by atoms with Crippen molar-refractivity contribution in [3.05, 3.63) is 50.7 Å². The minimum absolute atomic E-state index is 0.263. The van der Waals surface area contributed by atoms with Crippen molar-refractivity contribution < 1.29 is 4.74 Å². The molecular weight excluding hydrogens is 340 g/mol. The van der Waals surface area contributed by atoms with Crippen LogP contribution in [0.5, 0.6) is 0 Å². The topological polar surface area (TPSA) is 45.9 Å². The Morgan fingerprint density at radius 3 is 2.90 bits per heavy atom. The highest BCUT2D eigenvalue weighted by Crippen LogP contribution is 2.38. The molecule has 1 aliphatic rings. The van der Waals surface area contributed by atoms with E-state index in [0.29, 0.717) is 18.8 Å². The van der Waals surface area contributed by atoms with E-state index in [0.717, 1.165) is 33.3 Å². The van der Waals surface area contributed by atoms with Crippen molar-refractivity contribution in [3.63, 3.8) is 0 Å². The lowest BCUT2D eigenvalue weighted by Gasteiger charge is -2.21. The van der Waals surface area contributed by atoms with Crippen LogP contribution in [0.15, 0.2) is 28.7 Å². The second-order valence-electron chi connectivity index (χ2n) is 4.47. The second-order valence-corrected chi connectivity index (χ2v) is 5.68. The molecule has 0 radical (unpaired) electrons. The van der Waals surface area contributed by atoms with Crippen LogP contribution in [0.3, 0.4) is 0 Å². The molecular formula is C15H10BrClN2O. The quantitative estimate of drug-likeness (QED) is 0.728. The number of ether oxygens (including phenoxy) is 1. The minimum atomic E-state index is 0.263. The summed E-state index contributed by atoms with van der Waals surface area (Å²) >= 11 is 9.71. The van der Waals surface area contributed by atoms with E-state index in [-0.39, 0.29) is 5.15 Å². The summed E-state index contributed by atoms with van der Waals surface area (Å²) in [6.07, 6.45) is 0.720. The lowest BCUT2D eigenvalue weighted by molar-refractivity contribution is 0.109. The summed E-state index contributed by atoms with van der Waals surface area (Å²) in [5, 5.41) is 9.69. The average Bonchev–Trinajstić information content (AvgIpc) is 2.46. The summed E-state index contributed by atoms with van der Waals surface area (Å²) < 4.78 is 6.45. The Balaban J connectivity index is 2.36. The normalized spacial score (nSPS) is 13.7. The molecule has 1 aromatic carbocycles. The number of hydrogen-bond donors (Lipinski definition) is 0. The van der Waals surface area contributed by atoms with E-state index in [4.69, 9.17) is 16.3 Å². The van der Waals surface area contributed by atoms with Gasteiger partial charge in [-0.2, -0.15) is 5.26 Å². The summed E-state index contributed by atoms with van der Waals surface area (Å²) in [4.78, 5) is 4.35. The highest BCUT2D eigenvalue weighted by molar-refractivity contribution is 9.10. The van der Waals surface area contributed by atoms with Gasteiger partial charge in [0.25, 0.3) is 0 Å². The third-order valence-corrected chi connectivity index (χ3v) is 4.29. The van der Waals surface area contributed by atoms with Gasteiger partial charge in [-0.3, -0.25) is 0 Å². The number of nitrogens with zero attached hydrogens (tertiary/aromatic N) is 2. The van der Waals surface area contributed by atoms with Crippen LogP contribution in [0, 0.1) is 11.3 Å². The highest BCUT2D eigenvalue weighted by Gasteiger charge is 2.23. The Hall–Kier alpha value is -1.41. The van der Waals surface area contributed by atoms with Gasteiger partial charge in [-0.25, -0.2) is 4.98 Å². The molecule has 0 spiro atoms. The molecule has 0 fully saturated rings. The third kappa shape index (κ3) is 2.22. The summed E-state index contributed by atoms with van der Waals surface area (Å²) in [5.74, 6) is 0. The Labute approximate surface area is 130 Å². The highest BCUT2D eigenvalue weighted by atomic mass is 79.9. The lowest BCUT2D eigenvalue weighted by Crippen LogP contribution is -2.14. The Kier molecular flexibility index (Phi) is 3.75. The van der Waals surface area contributed by atoms with E-state index in [1.807, 2.05) is 24.3 Å². The molecule has 20 heavy (non-hydrogen) atoms. The van der Waals surface area contributed by atoms with Crippen LogP contribution in [0.4, 0.5) is 0 Å². The number of rotatable bonds is 1. The van der Waals surface area contributed by atoms with Crippen LogP contribution >= 0.6 is 27.5 Å². The van der Waals surface area contributed by atoms with Crippen LogP contribution in [-0.4, -0.2) is 11.6 Å². The Morgan fingerprint density at radius 1 is 1.35 bits per heavy atom. The van der Waals surface area contributed by atoms with Crippen molar-refractivity contribution >= 4 is 27.5 Å². The summed E-state index contributed by atoms with van der Waals surface area (Å²) in [7, 11) is 0. The smallest absolute Gasteiger partial charge is 0.147 e.